The van der Waals surface area contributed by atoms with Gasteiger partial charge in [-0.3, -0.25) is 0 Å². The Kier molecular flexibility index (Phi) is 5.35. The van der Waals surface area contributed by atoms with Crippen LogP contribution < -0.4 is 20.2 Å². The molecule has 1 fully saturated rings. The van der Waals surface area contributed by atoms with Crippen molar-refractivity contribution in [3.8, 4) is 22.3 Å². The lowest BCUT2D eigenvalue weighted by molar-refractivity contribution is 0.631. The van der Waals surface area contributed by atoms with Crippen molar-refractivity contribution in [2.45, 2.75) is 44.2 Å². The smallest absolute Gasteiger partial charge is 0.123 e. The maximum atomic E-state index is 2.67. The molecule has 6 aromatic rings. The second-order valence-electron chi connectivity index (χ2n) is 14.1. The van der Waals surface area contributed by atoms with E-state index in [4.69, 9.17) is 0 Å². The first-order valence-corrected chi connectivity index (χ1v) is 19.3. The Morgan fingerprint density at radius 1 is 0.478 bits per heavy atom. The molecule has 4 aliphatic heterocycles. The van der Waals surface area contributed by atoms with Gasteiger partial charge < -0.3 is 9.80 Å². The highest BCUT2D eigenvalue weighted by atomic mass is 28.3. The Bertz CT molecular complexity index is 2210. The van der Waals surface area contributed by atoms with Crippen molar-refractivity contribution >= 4 is 52.6 Å². The molecule has 0 saturated carbocycles. The fourth-order valence-electron chi connectivity index (χ4n) is 9.41. The molecule has 0 radical (unpaired) electrons. The van der Waals surface area contributed by atoms with Gasteiger partial charge in [-0.2, -0.15) is 0 Å². The molecule has 4 heterocycles. The molecule has 0 aliphatic carbocycles. The fraction of sp³-hybridized carbons (Fsp3) is 0.163. The largest absolute Gasteiger partial charge is 0.306 e. The van der Waals surface area contributed by atoms with Crippen molar-refractivity contribution in [1.29, 1.82) is 0 Å². The van der Waals surface area contributed by atoms with E-state index < -0.39 is 8.07 Å². The molecule has 0 atom stereocenters. The Labute approximate surface area is 272 Å². The van der Waals surface area contributed by atoms with Crippen LogP contribution in [0.15, 0.2) is 133 Å². The Balaban J connectivity index is 1.34. The number of hydrogen-bond acceptors (Lipinski definition) is 2. The van der Waals surface area contributed by atoms with Crippen molar-refractivity contribution in [3.63, 3.8) is 0 Å². The molecule has 0 unspecified atom stereocenters. The lowest BCUT2D eigenvalue weighted by Gasteiger charge is -2.52. The SMILES string of the molecule is CC1(C)c2ccccc2N2c3cccc4c3N(c3ccccc3[Si]43CCCC3)c3cc(-c4ccccc4-c4ccccc4)cc1c32. The highest BCUT2D eigenvalue weighted by Gasteiger charge is 2.52. The predicted octanol–water partition coefficient (Wildman–Crippen LogP) is 10.6. The molecule has 0 aromatic heterocycles. The number of benzene rings is 6. The highest BCUT2D eigenvalue weighted by Crippen LogP contribution is 2.63. The van der Waals surface area contributed by atoms with E-state index in [0.717, 1.165) is 0 Å². The summed E-state index contributed by atoms with van der Waals surface area (Å²) in [4.78, 5) is 5.29. The second-order valence-corrected chi connectivity index (χ2v) is 18.3. The molecule has 4 aliphatic rings. The summed E-state index contributed by atoms with van der Waals surface area (Å²) in [5, 5.41) is 3.26. The summed E-state index contributed by atoms with van der Waals surface area (Å²) in [6, 6.07) is 53.3. The van der Waals surface area contributed by atoms with Crippen LogP contribution in [0.4, 0.5) is 34.1 Å². The lowest BCUT2D eigenvalue weighted by Crippen LogP contribution is -2.61. The average Bonchev–Trinajstić information content (AvgIpc) is 3.60. The topological polar surface area (TPSA) is 6.48 Å². The van der Waals surface area contributed by atoms with Gasteiger partial charge in [-0.15, -0.1) is 0 Å². The standard InChI is InChI=1S/C43H36N2Si/c1-43(2)33-19-8-9-20-35(33)44-37-22-14-24-40-42(37)45(36-21-10-11-23-39(36)46(40)25-12-13-26-46)38-28-30(27-34(43)41(38)44)32-18-7-6-17-31(32)29-15-4-3-5-16-29/h3-11,14-24,27-28H,12-13,25-26H2,1-2H3. The van der Waals surface area contributed by atoms with Gasteiger partial charge in [0.1, 0.15) is 8.07 Å². The second kappa shape index (κ2) is 9.34. The minimum absolute atomic E-state index is 0.180. The molecule has 6 aromatic carbocycles. The van der Waals surface area contributed by atoms with Crippen molar-refractivity contribution in [2.24, 2.45) is 0 Å². The first kappa shape index (κ1) is 26.4. The number of rotatable bonds is 2. The Hall–Kier alpha value is -4.86. The number of para-hydroxylation sites is 3. The Morgan fingerprint density at radius 2 is 1.09 bits per heavy atom. The molecule has 2 nitrogen and oxygen atoms in total. The summed E-state index contributed by atoms with van der Waals surface area (Å²) in [5.74, 6) is 0. The quantitative estimate of drug-likeness (QED) is 0.180. The van der Waals surface area contributed by atoms with Gasteiger partial charge in [0, 0.05) is 11.1 Å². The van der Waals surface area contributed by atoms with Gasteiger partial charge in [-0.25, -0.2) is 0 Å². The molecule has 10 rings (SSSR count). The van der Waals surface area contributed by atoms with E-state index in [1.54, 1.807) is 10.4 Å². The van der Waals surface area contributed by atoms with Crippen LogP contribution in [-0.2, 0) is 5.41 Å². The van der Waals surface area contributed by atoms with Crippen LogP contribution in [0.2, 0.25) is 12.1 Å². The molecule has 222 valence electrons. The molecule has 3 heteroatoms. The summed E-state index contributed by atoms with van der Waals surface area (Å²) >= 11 is 0. The predicted molar refractivity (Wildman–Crippen MR) is 196 cm³/mol. The van der Waals surface area contributed by atoms with E-state index in [1.807, 2.05) is 0 Å². The molecule has 1 spiro atoms. The van der Waals surface area contributed by atoms with Gasteiger partial charge in [0.2, 0.25) is 0 Å². The molecule has 0 amide bonds. The Morgan fingerprint density at radius 3 is 1.89 bits per heavy atom. The third-order valence-electron chi connectivity index (χ3n) is 11.5. The number of hydrogen-bond donors (Lipinski definition) is 0. The van der Waals surface area contributed by atoms with Crippen LogP contribution in [0.5, 0.6) is 0 Å². The zero-order valence-corrected chi connectivity index (χ0v) is 27.4. The van der Waals surface area contributed by atoms with E-state index in [1.165, 1.54) is 92.4 Å². The number of nitrogens with zero attached hydrogens (tertiary/aromatic N) is 2. The van der Waals surface area contributed by atoms with Crippen LogP contribution >= 0.6 is 0 Å². The minimum atomic E-state index is -1.89. The van der Waals surface area contributed by atoms with Crippen LogP contribution in [0.25, 0.3) is 22.3 Å². The van der Waals surface area contributed by atoms with E-state index in [-0.39, 0.29) is 5.41 Å². The van der Waals surface area contributed by atoms with Crippen molar-refractivity contribution < 1.29 is 0 Å². The van der Waals surface area contributed by atoms with Crippen molar-refractivity contribution in [1.82, 2.24) is 0 Å². The molecular weight excluding hydrogens is 573 g/mol. The fourth-order valence-corrected chi connectivity index (χ4v) is 14.9. The van der Waals surface area contributed by atoms with Gasteiger partial charge in [-0.05, 0) is 86.2 Å². The first-order chi connectivity index (χ1) is 22.6. The van der Waals surface area contributed by atoms with Gasteiger partial charge in [-0.1, -0.05) is 130 Å². The van der Waals surface area contributed by atoms with E-state index >= 15 is 0 Å². The molecule has 0 N–H and O–H groups in total. The first-order valence-electron chi connectivity index (χ1n) is 16.8. The van der Waals surface area contributed by atoms with E-state index in [9.17, 15) is 0 Å². The van der Waals surface area contributed by atoms with Crippen molar-refractivity contribution in [2.75, 3.05) is 9.80 Å². The third kappa shape index (κ3) is 3.31. The van der Waals surface area contributed by atoms with Gasteiger partial charge >= 0.3 is 0 Å². The van der Waals surface area contributed by atoms with Crippen LogP contribution in [0, 0.1) is 0 Å². The zero-order valence-electron chi connectivity index (χ0n) is 26.4. The van der Waals surface area contributed by atoms with Gasteiger partial charge in [0.05, 0.1) is 28.4 Å². The molecule has 46 heavy (non-hydrogen) atoms. The maximum absolute atomic E-state index is 2.67. The van der Waals surface area contributed by atoms with E-state index in [0.29, 0.717) is 0 Å². The minimum Gasteiger partial charge on any atom is -0.306 e. The maximum Gasteiger partial charge on any atom is 0.123 e. The third-order valence-corrected chi connectivity index (χ3v) is 16.8. The summed E-state index contributed by atoms with van der Waals surface area (Å²) in [7, 11) is -1.89. The zero-order chi connectivity index (χ0) is 30.6. The molecule has 0 bridgehead atoms. The number of anilines is 6. The highest BCUT2D eigenvalue weighted by molar-refractivity contribution is 7.05. The summed E-state index contributed by atoms with van der Waals surface area (Å²) in [6.45, 7) is 4.84. The number of fused-ring (bicyclic) bond motifs is 8. The van der Waals surface area contributed by atoms with Gasteiger partial charge in [0.25, 0.3) is 0 Å². The summed E-state index contributed by atoms with van der Waals surface area (Å²) in [5.41, 5.74) is 15.8. The van der Waals surface area contributed by atoms with Gasteiger partial charge in [0.15, 0.2) is 0 Å². The lowest BCUT2D eigenvalue weighted by atomic mass is 9.71. The van der Waals surface area contributed by atoms with Crippen LogP contribution in [0.3, 0.4) is 0 Å². The normalized spacial score (nSPS) is 17.3. The van der Waals surface area contributed by atoms with E-state index in [2.05, 4.69) is 157 Å². The van der Waals surface area contributed by atoms with Crippen LogP contribution in [0.1, 0.15) is 37.8 Å². The summed E-state index contributed by atoms with van der Waals surface area (Å²) < 4.78 is 0. The van der Waals surface area contributed by atoms with Crippen LogP contribution in [-0.4, -0.2) is 8.07 Å². The molecule has 1 saturated heterocycles. The molecular formula is C43H36N2Si. The summed E-state index contributed by atoms with van der Waals surface area (Å²) in [6.07, 6.45) is 2.68. The van der Waals surface area contributed by atoms with Crippen molar-refractivity contribution in [3.05, 3.63) is 145 Å². The monoisotopic (exact) mass is 608 g/mol. The average molecular weight is 609 g/mol.